The van der Waals surface area contributed by atoms with E-state index in [0.29, 0.717) is 6.61 Å². The van der Waals surface area contributed by atoms with Crippen molar-refractivity contribution in [3.8, 4) is 10.6 Å². The fraction of sp³-hybridized carbons (Fsp3) is 0.429. The van der Waals surface area contributed by atoms with Crippen LogP contribution in [0.5, 0.6) is 0 Å². The van der Waals surface area contributed by atoms with Gasteiger partial charge in [-0.15, -0.1) is 10.2 Å². The number of benzene rings is 1. The number of aromatic nitrogens is 2. The highest BCUT2D eigenvalue weighted by Gasteiger charge is 2.09. The smallest absolute Gasteiger partial charge is 0.148 e. The molecule has 0 atom stereocenters. The number of hydrogen-bond donors (Lipinski definition) is 1. The van der Waals surface area contributed by atoms with Gasteiger partial charge in [0.15, 0.2) is 0 Å². The van der Waals surface area contributed by atoms with Crippen LogP contribution < -0.4 is 5.32 Å². The summed E-state index contributed by atoms with van der Waals surface area (Å²) in [7, 11) is 1.70. The minimum Gasteiger partial charge on any atom is -0.383 e. The summed E-state index contributed by atoms with van der Waals surface area (Å²) < 4.78 is 4.99. The lowest BCUT2D eigenvalue weighted by atomic mass is 10.1. The molecule has 0 aliphatic rings. The first-order valence-corrected chi connectivity index (χ1v) is 7.27. The molecule has 0 spiro atoms. The van der Waals surface area contributed by atoms with E-state index in [9.17, 15) is 0 Å². The van der Waals surface area contributed by atoms with Crippen molar-refractivity contribution < 1.29 is 4.74 Å². The van der Waals surface area contributed by atoms with Gasteiger partial charge in [-0.1, -0.05) is 42.5 Å². The molecule has 2 rings (SSSR count). The first-order valence-electron chi connectivity index (χ1n) is 6.45. The van der Waals surface area contributed by atoms with E-state index in [0.717, 1.165) is 29.5 Å². The van der Waals surface area contributed by atoms with E-state index in [2.05, 4.69) is 40.6 Å². The van der Waals surface area contributed by atoms with Crippen molar-refractivity contribution in [3.05, 3.63) is 34.8 Å². The van der Waals surface area contributed by atoms with Crippen LogP contribution in [0.2, 0.25) is 0 Å². The van der Waals surface area contributed by atoms with Gasteiger partial charge in [-0.2, -0.15) is 0 Å². The molecular formula is C14H19N3OS. The maximum absolute atomic E-state index is 4.99. The topological polar surface area (TPSA) is 47.0 Å². The highest BCUT2D eigenvalue weighted by molar-refractivity contribution is 7.14. The zero-order valence-electron chi connectivity index (χ0n) is 11.3. The van der Waals surface area contributed by atoms with Crippen molar-refractivity contribution in [1.29, 1.82) is 0 Å². The van der Waals surface area contributed by atoms with Crippen molar-refractivity contribution in [3.63, 3.8) is 0 Å². The van der Waals surface area contributed by atoms with Gasteiger partial charge in [0, 0.05) is 25.8 Å². The summed E-state index contributed by atoms with van der Waals surface area (Å²) in [4.78, 5) is 0. The van der Waals surface area contributed by atoms with Gasteiger partial charge in [-0.05, 0) is 12.0 Å². The van der Waals surface area contributed by atoms with Crippen LogP contribution in [0.4, 0.5) is 0 Å². The van der Waals surface area contributed by atoms with Crippen LogP contribution in [-0.4, -0.2) is 30.5 Å². The molecule has 2 aromatic rings. The third kappa shape index (κ3) is 3.83. The van der Waals surface area contributed by atoms with Gasteiger partial charge in [0.05, 0.1) is 6.61 Å². The van der Waals surface area contributed by atoms with Gasteiger partial charge < -0.3 is 10.1 Å². The van der Waals surface area contributed by atoms with E-state index in [1.54, 1.807) is 18.4 Å². The fourth-order valence-corrected chi connectivity index (χ4v) is 2.71. The molecule has 102 valence electrons. The Kier molecular flexibility index (Phi) is 5.44. The number of methoxy groups -OCH3 is 1. The molecule has 5 heteroatoms. The Balaban J connectivity index is 2.04. The molecule has 1 N–H and O–H groups in total. The summed E-state index contributed by atoms with van der Waals surface area (Å²) in [6, 6.07) is 8.37. The number of aryl methyl sites for hydroxylation is 1. The molecule has 1 aromatic heterocycles. The lowest BCUT2D eigenvalue weighted by Gasteiger charge is -2.02. The molecule has 1 heterocycles. The summed E-state index contributed by atoms with van der Waals surface area (Å²) >= 11 is 1.65. The van der Waals surface area contributed by atoms with Crippen LogP contribution in [0.1, 0.15) is 17.5 Å². The minimum atomic E-state index is 0.713. The lowest BCUT2D eigenvalue weighted by molar-refractivity contribution is 0.199. The van der Waals surface area contributed by atoms with Gasteiger partial charge in [-0.25, -0.2) is 0 Å². The van der Waals surface area contributed by atoms with E-state index in [1.807, 2.05) is 6.07 Å². The molecule has 0 aliphatic heterocycles. The van der Waals surface area contributed by atoms with Gasteiger partial charge in [0.25, 0.3) is 0 Å². The van der Waals surface area contributed by atoms with Crippen molar-refractivity contribution in [1.82, 2.24) is 15.5 Å². The van der Waals surface area contributed by atoms with Crippen molar-refractivity contribution in [2.24, 2.45) is 0 Å². The van der Waals surface area contributed by atoms with Crippen LogP contribution in [-0.2, 0) is 17.7 Å². The van der Waals surface area contributed by atoms with Gasteiger partial charge in [0.2, 0.25) is 0 Å². The van der Waals surface area contributed by atoms with Gasteiger partial charge in [-0.3, -0.25) is 0 Å². The maximum atomic E-state index is 4.99. The zero-order valence-corrected chi connectivity index (χ0v) is 12.2. The molecular weight excluding hydrogens is 258 g/mol. The average Bonchev–Trinajstić information content (AvgIpc) is 2.92. The van der Waals surface area contributed by atoms with Crippen molar-refractivity contribution in [2.75, 3.05) is 20.3 Å². The van der Waals surface area contributed by atoms with Crippen molar-refractivity contribution >= 4 is 11.3 Å². The predicted octanol–water partition coefficient (Wildman–Crippen LogP) is 2.50. The first kappa shape index (κ1) is 14.1. The van der Waals surface area contributed by atoms with Crippen LogP contribution in [0.25, 0.3) is 10.6 Å². The standard InChI is InChI=1S/C14H19N3OS/c1-3-11-6-4-5-7-12(11)14-17-16-13(19-14)10-15-8-9-18-2/h4-7,15H,3,8-10H2,1-2H3. The maximum Gasteiger partial charge on any atom is 0.148 e. The normalized spacial score (nSPS) is 10.8. The highest BCUT2D eigenvalue weighted by atomic mass is 32.1. The van der Waals surface area contributed by atoms with Gasteiger partial charge >= 0.3 is 0 Å². The first-order chi connectivity index (χ1) is 9.35. The molecule has 4 nitrogen and oxygen atoms in total. The average molecular weight is 277 g/mol. The Hall–Kier alpha value is -1.30. The molecule has 0 aliphatic carbocycles. The van der Waals surface area contributed by atoms with E-state index in [1.165, 1.54) is 11.1 Å². The Morgan fingerprint density at radius 1 is 1.26 bits per heavy atom. The predicted molar refractivity (Wildman–Crippen MR) is 78.3 cm³/mol. The Morgan fingerprint density at radius 3 is 2.89 bits per heavy atom. The quantitative estimate of drug-likeness (QED) is 0.790. The highest BCUT2D eigenvalue weighted by Crippen LogP contribution is 2.27. The minimum absolute atomic E-state index is 0.713. The van der Waals surface area contributed by atoms with E-state index in [-0.39, 0.29) is 0 Å². The molecule has 0 radical (unpaired) electrons. The van der Waals surface area contributed by atoms with Crippen LogP contribution in [0.3, 0.4) is 0 Å². The second kappa shape index (κ2) is 7.33. The Bertz CT molecular complexity index is 513. The second-order valence-corrected chi connectivity index (χ2v) is 5.24. The summed E-state index contributed by atoms with van der Waals surface area (Å²) in [6.45, 7) is 4.45. The Labute approximate surface area is 117 Å². The van der Waals surface area contributed by atoms with Crippen LogP contribution in [0, 0.1) is 0 Å². The van der Waals surface area contributed by atoms with Crippen molar-refractivity contribution in [2.45, 2.75) is 19.9 Å². The number of rotatable bonds is 7. The molecule has 0 amide bonds. The number of nitrogens with one attached hydrogen (secondary N) is 1. The molecule has 19 heavy (non-hydrogen) atoms. The third-order valence-electron chi connectivity index (χ3n) is 2.85. The number of ether oxygens (including phenoxy) is 1. The third-order valence-corrected chi connectivity index (χ3v) is 3.81. The molecule has 1 aromatic carbocycles. The van der Waals surface area contributed by atoms with Crippen LogP contribution in [0.15, 0.2) is 24.3 Å². The lowest BCUT2D eigenvalue weighted by Crippen LogP contribution is -2.18. The van der Waals surface area contributed by atoms with E-state index in [4.69, 9.17) is 4.74 Å². The second-order valence-electron chi connectivity index (χ2n) is 4.18. The summed E-state index contributed by atoms with van der Waals surface area (Å²) in [6.07, 6.45) is 1.01. The summed E-state index contributed by atoms with van der Waals surface area (Å²) in [5, 5.41) is 13.8. The molecule has 0 bridgehead atoms. The van der Waals surface area contributed by atoms with E-state index >= 15 is 0 Å². The van der Waals surface area contributed by atoms with Gasteiger partial charge in [0.1, 0.15) is 10.0 Å². The summed E-state index contributed by atoms with van der Waals surface area (Å²) in [5.41, 5.74) is 2.52. The zero-order chi connectivity index (χ0) is 13.5. The monoisotopic (exact) mass is 277 g/mol. The SMILES string of the molecule is CCc1ccccc1-c1nnc(CNCCOC)s1. The number of nitrogens with zero attached hydrogens (tertiary/aromatic N) is 2. The summed E-state index contributed by atoms with van der Waals surface area (Å²) in [5.74, 6) is 0. The van der Waals surface area contributed by atoms with Crippen LogP contribution >= 0.6 is 11.3 Å². The fourth-order valence-electron chi connectivity index (χ4n) is 1.84. The Morgan fingerprint density at radius 2 is 2.11 bits per heavy atom. The molecule has 0 unspecified atom stereocenters. The molecule has 0 saturated carbocycles. The van der Waals surface area contributed by atoms with E-state index < -0.39 is 0 Å². The molecule has 0 saturated heterocycles. The largest absolute Gasteiger partial charge is 0.383 e. The molecule has 0 fully saturated rings. The number of hydrogen-bond acceptors (Lipinski definition) is 5.